The zero-order valence-corrected chi connectivity index (χ0v) is 22.0. The van der Waals surface area contributed by atoms with Gasteiger partial charge in [-0.25, -0.2) is 9.59 Å². The molecule has 2 unspecified atom stereocenters. The van der Waals surface area contributed by atoms with E-state index in [1.54, 1.807) is 24.3 Å². The smallest absolute Gasteiger partial charge is 0.329 e. The van der Waals surface area contributed by atoms with Crippen molar-refractivity contribution in [3.05, 3.63) is 130 Å². The summed E-state index contributed by atoms with van der Waals surface area (Å²) in [6.45, 7) is 0. The van der Waals surface area contributed by atoms with Gasteiger partial charge in [0.1, 0.15) is 0 Å². The molecule has 4 amide bonds. The standard InChI is InChI=1S/C29H24BrF3N4O2/c30-22-13-17-24(18-14-22)35-28(39)37-26(20-9-5-2-6-10-20)25(19-7-3-1-4-8-19)36-27(38)34-23-15-11-21(12-16-23)29(31,32)33/h1-18,25-26H,(H2,34,36,38)(H2,35,37,39). The first kappa shape index (κ1) is 27.7. The van der Waals surface area contributed by atoms with Crippen molar-refractivity contribution < 1.29 is 22.8 Å². The van der Waals surface area contributed by atoms with Gasteiger partial charge in [0.05, 0.1) is 17.6 Å². The van der Waals surface area contributed by atoms with E-state index in [-0.39, 0.29) is 5.69 Å². The molecule has 10 heteroatoms. The fraction of sp³-hybridized carbons (Fsp3) is 0.103. The minimum absolute atomic E-state index is 0.185. The van der Waals surface area contributed by atoms with Gasteiger partial charge in [-0.3, -0.25) is 0 Å². The van der Waals surface area contributed by atoms with Crippen LogP contribution in [0.25, 0.3) is 0 Å². The van der Waals surface area contributed by atoms with Crippen LogP contribution < -0.4 is 21.3 Å². The molecular formula is C29H24BrF3N4O2. The second kappa shape index (κ2) is 12.5. The van der Waals surface area contributed by atoms with E-state index in [0.29, 0.717) is 11.3 Å². The Morgan fingerprint density at radius 2 is 0.974 bits per heavy atom. The Hall–Kier alpha value is -4.31. The second-order valence-corrected chi connectivity index (χ2v) is 9.47. The number of amides is 4. The van der Waals surface area contributed by atoms with Crippen molar-refractivity contribution in [3.8, 4) is 0 Å². The van der Waals surface area contributed by atoms with Crippen LogP contribution in [0, 0.1) is 0 Å². The van der Waals surface area contributed by atoms with Crippen molar-refractivity contribution >= 4 is 39.4 Å². The lowest BCUT2D eigenvalue weighted by molar-refractivity contribution is -0.137. The molecule has 0 fully saturated rings. The van der Waals surface area contributed by atoms with E-state index in [9.17, 15) is 22.8 Å². The topological polar surface area (TPSA) is 82.3 Å². The third-order valence-corrected chi connectivity index (χ3v) is 6.32. The predicted octanol–water partition coefficient (Wildman–Crippen LogP) is 7.89. The molecule has 0 radical (unpaired) electrons. The molecule has 0 saturated heterocycles. The third-order valence-electron chi connectivity index (χ3n) is 5.80. The Kier molecular flexibility index (Phi) is 8.88. The van der Waals surface area contributed by atoms with E-state index >= 15 is 0 Å². The SMILES string of the molecule is O=C(Nc1ccc(Br)cc1)NC(c1ccccc1)C(NC(=O)Nc1ccc(C(F)(F)F)cc1)c1ccccc1. The number of rotatable bonds is 7. The number of anilines is 2. The molecule has 4 N–H and O–H groups in total. The number of benzene rings is 4. The van der Waals surface area contributed by atoms with Gasteiger partial charge in [0.2, 0.25) is 0 Å². The summed E-state index contributed by atoms with van der Waals surface area (Å²) in [5.41, 5.74) is 1.38. The van der Waals surface area contributed by atoms with Crippen LogP contribution >= 0.6 is 15.9 Å². The van der Waals surface area contributed by atoms with Gasteiger partial charge < -0.3 is 21.3 Å². The summed E-state index contributed by atoms with van der Waals surface area (Å²) in [5.74, 6) is 0. The molecule has 0 bridgehead atoms. The van der Waals surface area contributed by atoms with Gasteiger partial charge in [0.15, 0.2) is 0 Å². The molecule has 2 atom stereocenters. The molecular weight excluding hydrogens is 573 g/mol. The van der Waals surface area contributed by atoms with Gasteiger partial charge in [0.25, 0.3) is 0 Å². The molecule has 0 aromatic heterocycles. The minimum Gasteiger partial charge on any atom is -0.329 e. The normalized spacial score (nSPS) is 12.6. The van der Waals surface area contributed by atoms with Crippen molar-refractivity contribution in [1.29, 1.82) is 0 Å². The number of hydrogen-bond donors (Lipinski definition) is 4. The molecule has 0 aliphatic carbocycles. The van der Waals surface area contributed by atoms with Gasteiger partial charge in [0, 0.05) is 15.8 Å². The van der Waals surface area contributed by atoms with Crippen molar-refractivity contribution in [1.82, 2.24) is 10.6 Å². The molecule has 0 saturated carbocycles. The van der Waals surface area contributed by atoms with Gasteiger partial charge >= 0.3 is 18.2 Å². The maximum Gasteiger partial charge on any atom is 0.416 e. The van der Waals surface area contributed by atoms with E-state index < -0.39 is 35.9 Å². The minimum atomic E-state index is -4.48. The lowest BCUT2D eigenvalue weighted by Crippen LogP contribution is -2.43. The van der Waals surface area contributed by atoms with E-state index in [1.807, 2.05) is 60.7 Å². The summed E-state index contributed by atoms with van der Waals surface area (Å²) >= 11 is 3.36. The average molecular weight is 597 g/mol. The van der Waals surface area contributed by atoms with Crippen molar-refractivity contribution in [2.24, 2.45) is 0 Å². The molecule has 200 valence electrons. The summed E-state index contributed by atoms with van der Waals surface area (Å²) < 4.78 is 39.6. The Morgan fingerprint density at radius 3 is 1.36 bits per heavy atom. The van der Waals surface area contributed by atoms with Crippen LogP contribution in [-0.4, -0.2) is 12.1 Å². The molecule has 0 aliphatic heterocycles. The number of halogens is 4. The van der Waals surface area contributed by atoms with Crippen LogP contribution in [0.5, 0.6) is 0 Å². The van der Waals surface area contributed by atoms with E-state index in [2.05, 4.69) is 37.2 Å². The fourth-order valence-electron chi connectivity index (χ4n) is 3.93. The van der Waals surface area contributed by atoms with E-state index in [4.69, 9.17) is 0 Å². The summed E-state index contributed by atoms with van der Waals surface area (Å²) in [7, 11) is 0. The van der Waals surface area contributed by atoms with Gasteiger partial charge in [-0.05, 0) is 59.7 Å². The highest BCUT2D eigenvalue weighted by Gasteiger charge is 2.31. The number of urea groups is 2. The summed E-state index contributed by atoms with van der Waals surface area (Å²) in [6.07, 6.45) is -4.48. The Bertz CT molecular complexity index is 1380. The Morgan fingerprint density at radius 1 is 0.590 bits per heavy atom. The van der Waals surface area contributed by atoms with Crippen LogP contribution in [0.3, 0.4) is 0 Å². The molecule has 0 aliphatic rings. The number of carbonyl (C=O) groups excluding carboxylic acids is 2. The largest absolute Gasteiger partial charge is 0.416 e. The van der Waals surface area contributed by atoms with Gasteiger partial charge in [-0.2, -0.15) is 13.2 Å². The lowest BCUT2D eigenvalue weighted by atomic mass is 9.93. The fourth-order valence-corrected chi connectivity index (χ4v) is 4.20. The van der Waals surface area contributed by atoms with Crippen molar-refractivity contribution in [2.75, 3.05) is 10.6 Å². The van der Waals surface area contributed by atoms with Crippen molar-refractivity contribution in [2.45, 2.75) is 18.3 Å². The van der Waals surface area contributed by atoms with Crippen LogP contribution in [0.15, 0.2) is 114 Å². The average Bonchev–Trinajstić information content (AvgIpc) is 2.93. The van der Waals surface area contributed by atoms with Gasteiger partial charge in [-0.15, -0.1) is 0 Å². The number of nitrogens with one attached hydrogen (secondary N) is 4. The first-order valence-electron chi connectivity index (χ1n) is 11.9. The van der Waals surface area contributed by atoms with E-state index in [0.717, 1.165) is 22.2 Å². The quantitative estimate of drug-likeness (QED) is 0.175. The lowest BCUT2D eigenvalue weighted by Gasteiger charge is -2.30. The maximum atomic E-state index is 13.1. The van der Waals surface area contributed by atoms with Gasteiger partial charge in [-0.1, -0.05) is 76.6 Å². The summed E-state index contributed by atoms with van der Waals surface area (Å²) in [5, 5.41) is 11.2. The van der Waals surface area contributed by atoms with Crippen LogP contribution in [-0.2, 0) is 6.18 Å². The van der Waals surface area contributed by atoms with E-state index in [1.165, 1.54) is 12.1 Å². The van der Waals surface area contributed by atoms with Crippen molar-refractivity contribution in [3.63, 3.8) is 0 Å². The first-order chi connectivity index (χ1) is 18.7. The highest BCUT2D eigenvalue weighted by Crippen LogP contribution is 2.31. The van der Waals surface area contributed by atoms with Crippen LogP contribution in [0.4, 0.5) is 34.1 Å². The molecule has 6 nitrogen and oxygen atoms in total. The predicted molar refractivity (Wildman–Crippen MR) is 148 cm³/mol. The zero-order valence-electron chi connectivity index (χ0n) is 20.4. The highest BCUT2D eigenvalue weighted by molar-refractivity contribution is 9.10. The highest BCUT2D eigenvalue weighted by atomic mass is 79.9. The number of hydrogen-bond acceptors (Lipinski definition) is 2. The summed E-state index contributed by atoms with van der Waals surface area (Å²) in [4.78, 5) is 26.1. The van der Waals surface area contributed by atoms with Crippen LogP contribution in [0.2, 0.25) is 0 Å². The zero-order chi connectivity index (χ0) is 27.8. The maximum absolute atomic E-state index is 13.1. The molecule has 4 rings (SSSR count). The third kappa shape index (κ3) is 7.84. The summed E-state index contributed by atoms with van der Waals surface area (Å²) in [6, 6.07) is 26.8. The molecule has 39 heavy (non-hydrogen) atoms. The first-order valence-corrected chi connectivity index (χ1v) is 12.7. The number of carbonyl (C=O) groups is 2. The molecule has 4 aromatic carbocycles. The number of alkyl halides is 3. The monoisotopic (exact) mass is 596 g/mol. The Labute approximate surface area is 231 Å². The van der Waals surface area contributed by atoms with Crippen LogP contribution in [0.1, 0.15) is 28.8 Å². The molecule has 0 heterocycles. The molecule has 0 spiro atoms. The molecule has 4 aromatic rings. The second-order valence-electron chi connectivity index (χ2n) is 8.56. The Balaban J connectivity index is 1.59.